The minimum Gasteiger partial charge on any atom is -0.350 e. The number of unbranched alkanes of at least 4 members (excludes halogenated alkanes) is 22. The van der Waals surface area contributed by atoms with Gasteiger partial charge in [-0.15, -0.1) is 0 Å². The van der Waals surface area contributed by atoms with Crippen molar-refractivity contribution >= 4 is 11.8 Å². The van der Waals surface area contributed by atoms with Gasteiger partial charge in [0.25, 0.3) is 0 Å². The minimum absolute atomic E-state index is 0.135. The molecule has 0 saturated heterocycles. The molecule has 0 rings (SSSR count). The summed E-state index contributed by atoms with van der Waals surface area (Å²) in [6.07, 6.45) is 43.8. The summed E-state index contributed by atoms with van der Waals surface area (Å²) in [5.41, 5.74) is 0. The molecule has 0 unspecified atom stereocenters. The van der Waals surface area contributed by atoms with E-state index in [0.717, 1.165) is 56.3 Å². The van der Waals surface area contributed by atoms with Crippen LogP contribution in [0.5, 0.6) is 0 Å². The maximum absolute atomic E-state index is 12.5. The number of allylic oxidation sites excluding steroid dienone is 4. The van der Waals surface area contributed by atoms with Crippen LogP contribution in [0.2, 0.25) is 0 Å². The number of carbonyl (C=O) groups excluding carboxylic acids is 2. The van der Waals surface area contributed by atoms with Gasteiger partial charge < -0.3 is 15.1 Å². The fourth-order valence-electron chi connectivity index (χ4n) is 6.85. The van der Waals surface area contributed by atoms with E-state index in [-0.39, 0.29) is 11.8 Å². The summed E-state index contributed by atoms with van der Waals surface area (Å²) in [6, 6.07) is 2.30. The van der Waals surface area contributed by atoms with Crippen molar-refractivity contribution in [3.8, 4) is 6.07 Å². The molecule has 0 radical (unpaired) electrons. The number of amides is 2. The second-order valence-electron chi connectivity index (χ2n) is 15.1. The highest BCUT2D eigenvalue weighted by atomic mass is 16.2. The van der Waals surface area contributed by atoms with Crippen LogP contribution in [0.15, 0.2) is 24.3 Å². The van der Waals surface area contributed by atoms with Crippen LogP contribution in [0.4, 0.5) is 0 Å². The third-order valence-electron chi connectivity index (χ3n) is 10.5. The van der Waals surface area contributed by atoms with Gasteiger partial charge in [0.1, 0.15) is 0 Å². The number of nitriles is 1. The Balaban J connectivity index is 3.96. The van der Waals surface area contributed by atoms with Gasteiger partial charge in [0.05, 0.1) is 51.8 Å². The van der Waals surface area contributed by atoms with Crippen molar-refractivity contribution in [3.05, 3.63) is 24.3 Å². The molecular weight excluding hydrogens is 629 g/mol. The topological polar surface area (TPSA) is 82.0 Å². The molecular formula is C45H85N4O2+. The van der Waals surface area contributed by atoms with E-state index in [1.54, 1.807) is 0 Å². The predicted molar refractivity (Wildman–Crippen MR) is 221 cm³/mol. The number of hydrogen-bond acceptors (Lipinski definition) is 3. The molecule has 0 aliphatic carbocycles. The highest BCUT2D eigenvalue weighted by Gasteiger charge is 2.25. The van der Waals surface area contributed by atoms with E-state index < -0.39 is 0 Å². The van der Waals surface area contributed by atoms with E-state index in [9.17, 15) is 14.9 Å². The fraction of sp³-hybridized carbons (Fsp3) is 0.844. The Morgan fingerprint density at radius 3 is 1.16 bits per heavy atom. The quantitative estimate of drug-likeness (QED) is 0.0378. The zero-order valence-corrected chi connectivity index (χ0v) is 34.3. The zero-order chi connectivity index (χ0) is 37.4. The van der Waals surface area contributed by atoms with Crippen molar-refractivity contribution in [2.75, 3.05) is 39.3 Å². The van der Waals surface area contributed by atoms with Crippen molar-refractivity contribution in [2.24, 2.45) is 0 Å². The van der Waals surface area contributed by atoms with Crippen LogP contribution in [0, 0.1) is 11.3 Å². The number of nitrogens with one attached hydrogen (secondary N) is 2. The van der Waals surface area contributed by atoms with E-state index in [1.807, 2.05) is 0 Å². The summed E-state index contributed by atoms with van der Waals surface area (Å²) in [4.78, 5) is 25.0. The number of nitrogens with zero attached hydrogens (tertiary/aromatic N) is 2. The smallest absolute Gasteiger partial charge is 0.220 e. The maximum Gasteiger partial charge on any atom is 0.220 e. The van der Waals surface area contributed by atoms with Crippen molar-refractivity contribution in [1.82, 2.24) is 10.6 Å². The first-order valence-electron chi connectivity index (χ1n) is 22.1. The van der Waals surface area contributed by atoms with E-state index in [1.165, 1.54) is 141 Å². The highest BCUT2D eigenvalue weighted by Crippen LogP contribution is 2.12. The normalized spacial score (nSPS) is 11.8. The number of hydrogen-bond donors (Lipinski definition) is 2. The standard InChI is InChI=1S/C45H84N4O2/c1-4-7-9-11-13-15-17-19-21-23-25-27-29-31-33-36-44(50)47-39-42-49(6-3,41-35-38-46)43-40-48-45(51)37-34-32-30-28-26-24-22-20-18-16-14-12-10-8-5-2/h19-22H,4-18,23-37,39-43H2,1-3H3,(H-,47,48,50,51)/p+1/b21-19-,22-20-. The molecule has 6 heteroatoms. The van der Waals surface area contributed by atoms with Gasteiger partial charge in [0.2, 0.25) is 11.8 Å². The zero-order valence-electron chi connectivity index (χ0n) is 34.3. The number of carbonyl (C=O) groups is 2. The summed E-state index contributed by atoms with van der Waals surface area (Å²) < 4.78 is 0.745. The molecule has 2 amide bonds. The lowest BCUT2D eigenvalue weighted by atomic mass is 10.1. The Labute approximate surface area is 317 Å². The molecule has 0 heterocycles. The molecule has 0 fully saturated rings. The average molecular weight is 714 g/mol. The van der Waals surface area contributed by atoms with Crippen LogP contribution in [0.1, 0.15) is 207 Å². The molecule has 296 valence electrons. The first-order chi connectivity index (χ1) is 25.0. The predicted octanol–water partition coefficient (Wildman–Crippen LogP) is 12.0. The lowest BCUT2D eigenvalue weighted by Gasteiger charge is -2.37. The van der Waals surface area contributed by atoms with Gasteiger partial charge in [-0.05, 0) is 71.1 Å². The van der Waals surface area contributed by atoms with Gasteiger partial charge in [-0.2, -0.15) is 5.26 Å². The van der Waals surface area contributed by atoms with Crippen LogP contribution < -0.4 is 10.6 Å². The average Bonchev–Trinajstić information content (AvgIpc) is 3.13. The fourth-order valence-corrected chi connectivity index (χ4v) is 6.85. The second-order valence-corrected chi connectivity index (χ2v) is 15.1. The van der Waals surface area contributed by atoms with Crippen molar-refractivity contribution in [1.29, 1.82) is 5.26 Å². The molecule has 2 N–H and O–H groups in total. The van der Waals surface area contributed by atoms with Gasteiger partial charge in [0, 0.05) is 12.8 Å². The largest absolute Gasteiger partial charge is 0.350 e. The molecule has 6 nitrogen and oxygen atoms in total. The van der Waals surface area contributed by atoms with Gasteiger partial charge in [0.15, 0.2) is 0 Å². The van der Waals surface area contributed by atoms with Gasteiger partial charge in [-0.1, -0.05) is 141 Å². The summed E-state index contributed by atoms with van der Waals surface area (Å²) in [7, 11) is 0. The summed E-state index contributed by atoms with van der Waals surface area (Å²) in [6.45, 7) is 11.1. The molecule has 0 aliphatic heterocycles. The maximum atomic E-state index is 12.5. The van der Waals surface area contributed by atoms with Crippen LogP contribution in [0.25, 0.3) is 0 Å². The number of quaternary nitrogens is 1. The van der Waals surface area contributed by atoms with Gasteiger partial charge in [-0.25, -0.2) is 0 Å². The Kier molecular flexibility index (Phi) is 37.5. The Bertz CT molecular complexity index is 820. The highest BCUT2D eigenvalue weighted by molar-refractivity contribution is 5.76. The lowest BCUT2D eigenvalue weighted by Crippen LogP contribution is -2.55. The third kappa shape index (κ3) is 34.7. The van der Waals surface area contributed by atoms with Crippen molar-refractivity contribution in [3.63, 3.8) is 0 Å². The number of likely N-dealkylation sites (N-methyl/N-ethyl adjacent to an activating group) is 1. The Morgan fingerprint density at radius 1 is 0.490 bits per heavy atom. The minimum atomic E-state index is 0.135. The second kappa shape index (κ2) is 39.1. The first kappa shape index (κ1) is 48.9. The molecule has 0 saturated carbocycles. The van der Waals surface area contributed by atoms with Gasteiger partial charge >= 0.3 is 0 Å². The third-order valence-corrected chi connectivity index (χ3v) is 10.5. The molecule has 51 heavy (non-hydrogen) atoms. The molecule has 0 aromatic carbocycles. The van der Waals surface area contributed by atoms with E-state index >= 15 is 0 Å². The lowest BCUT2D eigenvalue weighted by molar-refractivity contribution is -0.923. The number of rotatable bonds is 39. The van der Waals surface area contributed by atoms with Gasteiger partial charge in [-0.3, -0.25) is 9.59 Å². The summed E-state index contributed by atoms with van der Waals surface area (Å²) >= 11 is 0. The first-order valence-corrected chi connectivity index (χ1v) is 22.1. The summed E-state index contributed by atoms with van der Waals surface area (Å²) in [5.74, 6) is 0.269. The van der Waals surface area contributed by atoms with Crippen LogP contribution in [0.3, 0.4) is 0 Å². The Morgan fingerprint density at radius 2 is 0.824 bits per heavy atom. The van der Waals surface area contributed by atoms with E-state index in [4.69, 9.17) is 0 Å². The van der Waals surface area contributed by atoms with Crippen molar-refractivity contribution in [2.45, 2.75) is 207 Å². The van der Waals surface area contributed by atoms with Crippen molar-refractivity contribution < 1.29 is 14.1 Å². The van der Waals surface area contributed by atoms with Crippen LogP contribution in [-0.2, 0) is 9.59 Å². The SMILES string of the molecule is CCCCCCCC/C=C\CCCCCCCC(=O)NCC[N+](CC)(CCC#N)CCNC(=O)CCCCCCC/C=C\CCCCCCCC. The molecule has 0 aromatic rings. The molecule has 0 aliphatic rings. The molecule has 0 atom stereocenters. The van der Waals surface area contributed by atoms with E-state index in [0.29, 0.717) is 32.4 Å². The van der Waals surface area contributed by atoms with Crippen LogP contribution in [-0.4, -0.2) is 55.6 Å². The van der Waals surface area contributed by atoms with E-state index in [2.05, 4.69) is 61.8 Å². The molecule has 0 spiro atoms. The monoisotopic (exact) mass is 714 g/mol. The van der Waals surface area contributed by atoms with Crippen LogP contribution >= 0.6 is 0 Å². The molecule has 0 aromatic heterocycles. The summed E-state index contributed by atoms with van der Waals surface area (Å²) in [5, 5.41) is 15.5. The Hall–Kier alpha value is -2.13. The molecule has 0 bridgehead atoms.